The van der Waals surface area contributed by atoms with Gasteiger partial charge < -0.3 is 9.64 Å². The van der Waals surface area contributed by atoms with Crippen molar-refractivity contribution in [3.8, 4) is 6.07 Å². The van der Waals surface area contributed by atoms with Crippen LogP contribution in [-0.2, 0) is 9.53 Å². The number of ether oxygens (including phenoxy) is 1. The molecular formula is C19H22N2O3. The maximum absolute atomic E-state index is 12.6. The van der Waals surface area contributed by atoms with E-state index in [1.54, 1.807) is 31.2 Å². The van der Waals surface area contributed by atoms with Gasteiger partial charge >= 0.3 is 5.97 Å². The number of esters is 1. The van der Waals surface area contributed by atoms with Crippen molar-refractivity contribution in [2.24, 2.45) is 0 Å². The minimum absolute atomic E-state index is 0.0335. The highest BCUT2D eigenvalue weighted by Gasteiger charge is 2.25. The fourth-order valence-corrected chi connectivity index (χ4v) is 2.83. The van der Waals surface area contributed by atoms with Crippen LogP contribution in [0.25, 0.3) is 0 Å². The summed E-state index contributed by atoms with van der Waals surface area (Å²) in [5.74, 6) is -0.755. The van der Waals surface area contributed by atoms with Crippen molar-refractivity contribution in [2.45, 2.75) is 32.6 Å². The third kappa shape index (κ3) is 4.45. The number of hydrogen-bond donors (Lipinski definition) is 0. The van der Waals surface area contributed by atoms with Crippen molar-refractivity contribution < 1.29 is 14.3 Å². The molecule has 0 aromatic heterocycles. The second-order valence-corrected chi connectivity index (χ2v) is 5.67. The summed E-state index contributed by atoms with van der Waals surface area (Å²) in [6.45, 7) is 3.40. The largest absolute Gasteiger partial charge is 0.462 e. The maximum atomic E-state index is 12.6. The Kier molecular flexibility index (Phi) is 6.56. The fraction of sp³-hybridized carbons (Fsp3) is 0.421. The van der Waals surface area contributed by atoms with Crippen LogP contribution in [0.3, 0.4) is 0 Å². The van der Waals surface area contributed by atoms with E-state index in [1.165, 1.54) is 0 Å². The zero-order valence-corrected chi connectivity index (χ0v) is 14.0. The number of rotatable bonds is 6. The van der Waals surface area contributed by atoms with Gasteiger partial charge in [0.2, 0.25) is 0 Å². The Bertz CT molecular complexity index is 653. The van der Waals surface area contributed by atoms with Crippen LogP contribution in [0.2, 0.25) is 0 Å². The summed E-state index contributed by atoms with van der Waals surface area (Å²) in [7, 11) is 0. The summed E-state index contributed by atoms with van der Waals surface area (Å²) in [5, 5.41) is 9.46. The lowest BCUT2D eigenvalue weighted by Crippen LogP contribution is -2.32. The molecule has 0 atom stereocenters. The summed E-state index contributed by atoms with van der Waals surface area (Å²) >= 11 is 0. The fourth-order valence-electron chi connectivity index (χ4n) is 2.83. The molecule has 1 heterocycles. The Morgan fingerprint density at radius 2 is 1.83 bits per heavy atom. The molecule has 0 bridgehead atoms. The van der Waals surface area contributed by atoms with Gasteiger partial charge in [0.25, 0.3) is 0 Å². The van der Waals surface area contributed by atoms with E-state index in [-0.39, 0.29) is 24.4 Å². The van der Waals surface area contributed by atoms with Gasteiger partial charge in [0, 0.05) is 24.4 Å². The highest BCUT2D eigenvalue weighted by atomic mass is 16.5. The molecule has 1 saturated heterocycles. The number of hydrogen-bond acceptors (Lipinski definition) is 5. The summed E-state index contributed by atoms with van der Waals surface area (Å²) in [4.78, 5) is 26.7. The number of Topliss-reactive ketones (excluding diaryl/α,β-unsaturated/α-hetero) is 1. The van der Waals surface area contributed by atoms with E-state index in [0.29, 0.717) is 11.3 Å². The van der Waals surface area contributed by atoms with Crippen LogP contribution in [0.4, 0.5) is 0 Å². The molecule has 1 aromatic rings. The Morgan fingerprint density at radius 3 is 2.42 bits per heavy atom. The van der Waals surface area contributed by atoms with Gasteiger partial charge in [-0.2, -0.15) is 5.26 Å². The molecule has 0 spiro atoms. The average Bonchev–Trinajstić information content (AvgIpc) is 2.63. The van der Waals surface area contributed by atoms with Crippen LogP contribution in [0.5, 0.6) is 0 Å². The van der Waals surface area contributed by atoms with E-state index in [9.17, 15) is 14.9 Å². The van der Waals surface area contributed by atoms with E-state index < -0.39 is 5.97 Å². The first kappa shape index (κ1) is 17.7. The normalized spacial score (nSPS) is 15.2. The second-order valence-electron chi connectivity index (χ2n) is 5.67. The van der Waals surface area contributed by atoms with Gasteiger partial charge in [-0.15, -0.1) is 0 Å². The smallest absolute Gasteiger partial charge is 0.350 e. The molecule has 2 rings (SSSR count). The molecule has 0 saturated carbocycles. The van der Waals surface area contributed by atoms with Crippen LogP contribution >= 0.6 is 0 Å². The molecular weight excluding hydrogens is 304 g/mol. The molecule has 0 unspecified atom stereocenters. The van der Waals surface area contributed by atoms with E-state index in [4.69, 9.17) is 4.74 Å². The summed E-state index contributed by atoms with van der Waals surface area (Å²) in [6, 6.07) is 10.9. The van der Waals surface area contributed by atoms with Gasteiger partial charge in [0.1, 0.15) is 6.07 Å². The Morgan fingerprint density at radius 1 is 1.17 bits per heavy atom. The van der Waals surface area contributed by atoms with Crippen LogP contribution < -0.4 is 0 Å². The third-order valence-corrected chi connectivity index (χ3v) is 4.04. The SMILES string of the molecule is CCOC(=O)/C(C#N)=C(/CC(=O)c1ccccc1)N1CCCCC1. The maximum Gasteiger partial charge on any atom is 0.350 e. The number of benzene rings is 1. The van der Waals surface area contributed by atoms with Crippen molar-refractivity contribution in [1.82, 2.24) is 4.90 Å². The number of ketones is 1. The lowest BCUT2D eigenvalue weighted by atomic mass is 10.0. The zero-order chi connectivity index (χ0) is 17.4. The molecule has 126 valence electrons. The van der Waals surface area contributed by atoms with E-state index in [0.717, 1.165) is 32.4 Å². The molecule has 1 aromatic carbocycles. The number of allylic oxidation sites excluding steroid dienone is 1. The molecule has 5 nitrogen and oxygen atoms in total. The van der Waals surface area contributed by atoms with Crippen molar-refractivity contribution in [2.75, 3.05) is 19.7 Å². The first-order valence-electron chi connectivity index (χ1n) is 8.31. The van der Waals surface area contributed by atoms with Gasteiger partial charge in [-0.1, -0.05) is 30.3 Å². The first-order valence-corrected chi connectivity index (χ1v) is 8.31. The summed E-state index contributed by atoms with van der Waals surface area (Å²) in [6.07, 6.45) is 3.14. The quantitative estimate of drug-likeness (QED) is 0.348. The molecule has 0 amide bonds. The van der Waals surface area contributed by atoms with Crippen LogP contribution in [0.1, 0.15) is 43.0 Å². The second kappa shape index (κ2) is 8.88. The Labute approximate surface area is 142 Å². The Hall–Kier alpha value is -2.61. The van der Waals surface area contributed by atoms with Gasteiger partial charge in [0.15, 0.2) is 11.4 Å². The predicted molar refractivity (Wildman–Crippen MR) is 90.1 cm³/mol. The van der Waals surface area contributed by atoms with Gasteiger partial charge in [-0.25, -0.2) is 4.79 Å². The van der Waals surface area contributed by atoms with Crippen LogP contribution in [0, 0.1) is 11.3 Å². The van der Waals surface area contributed by atoms with Gasteiger partial charge in [-0.3, -0.25) is 4.79 Å². The number of likely N-dealkylation sites (tertiary alicyclic amines) is 1. The minimum atomic E-state index is -0.651. The molecule has 0 aliphatic carbocycles. The molecule has 0 N–H and O–H groups in total. The molecule has 0 radical (unpaired) electrons. The number of carbonyl (C=O) groups is 2. The minimum Gasteiger partial charge on any atom is -0.462 e. The molecule has 1 aliphatic heterocycles. The highest BCUT2D eigenvalue weighted by Crippen LogP contribution is 2.23. The van der Waals surface area contributed by atoms with E-state index in [1.807, 2.05) is 17.0 Å². The van der Waals surface area contributed by atoms with Crippen LogP contribution in [-0.4, -0.2) is 36.3 Å². The third-order valence-electron chi connectivity index (χ3n) is 4.04. The molecule has 1 aliphatic rings. The molecule has 5 heteroatoms. The zero-order valence-electron chi connectivity index (χ0n) is 14.0. The van der Waals surface area contributed by atoms with Crippen molar-refractivity contribution in [3.05, 3.63) is 47.2 Å². The average molecular weight is 326 g/mol. The van der Waals surface area contributed by atoms with Crippen molar-refractivity contribution >= 4 is 11.8 Å². The predicted octanol–water partition coefficient (Wildman–Crippen LogP) is 3.09. The lowest BCUT2D eigenvalue weighted by Gasteiger charge is -2.31. The number of nitriles is 1. The van der Waals surface area contributed by atoms with Crippen molar-refractivity contribution in [1.29, 1.82) is 5.26 Å². The van der Waals surface area contributed by atoms with E-state index in [2.05, 4.69) is 0 Å². The summed E-state index contributed by atoms with van der Waals surface area (Å²) in [5.41, 5.74) is 1.01. The standard InChI is InChI=1S/C19H22N2O3/c1-2-24-19(23)16(14-20)17(21-11-7-4-8-12-21)13-18(22)15-9-5-3-6-10-15/h3,5-6,9-10H,2,4,7-8,11-13H2,1H3/b17-16-. The topological polar surface area (TPSA) is 70.4 Å². The van der Waals surface area contributed by atoms with E-state index >= 15 is 0 Å². The number of piperidine rings is 1. The first-order chi connectivity index (χ1) is 11.7. The monoisotopic (exact) mass is 326 g/mol. The summed E-state index contributed by atoms with van der Waals surface area (Å²) < 4.78 is 5.00. The molecule has 24 heavy (non-hydrogen) atoms. The lowest BCUT2D eigenvalue weighted by molar-refractivity contribution is -0.138. The number of nitrogens with zero attached hydrogens (tertiary/aromatic N) is 2. The highest BCUT2D eigenvalue weighted by molar-refractivity contribution is 6.00. The Balaban J connectivity index is 2.33. The van der Waals surface area contributed by atoms with Crippen molar-refractivity contribution in [3.63, 3.8) is 0 Å². The number of carbonyl (C=O) groups excluding carboxylic acids is 2. The molecule has 1 fully saturated rings. The van der Waals surface area contributed by atoms with Gasteiger partial charge in [-0.05, 0) is 26.2 Å². The van der Waals surface area contributed by atoms with Crippen LogP contribution in [0.15, 0.2) is 41.6 Å². The van der Waals surface area contributed by atoms with Gasteiger partial charge in [0.05, 0.1) is 13.0 Å².